The van der Waals surface area contributed by atoms with Gasteiger partial charge in [-0.2, -0.15) is 0 Å². The Bertz CT molecular complexity index is 208. The van der Waals surface area contributed by atoms with E-state index in [0.717, 1.165) is 12.5 Å². The molecule has 0 aromatic heterocycles. The molecular formula is C18H36ClN. The zero-order chi connectivity index (χ0) is 14.5. The lowest BCUT2D eigenvalue weighted by molar-refractivity contribution is 0.479. The minimum atomic E-state index is 0.440. The summed E-state index contributed by atoms with van der Waals surface area (Å²) in [6.07, 6.45) is 18.1. The van der Waals surface area contributed by atoms with E-state index in [0.29, 0.717) is 5.38 Å². The molecule has 0 bridgehead atoms. The van der Waals surface area contributed by atoms with Gasteiger partial charge in [-0.25, -0.2) is 0 Å². The molecular weight excluding hydrogens is 266 g/mol. The average Bonchev–Trinajstić information content (AvgIpc) is 2.85. The molecule has 0 radical (unpaired) electrons. The Morgan fingerprint density at radius 3 is 2.00 bits per heavy atom. The minimum absolute atomic E-state index is 0.440. The molecule has 2 unspecified atom stereocenters. The van der Waals surface area contributed by atoms with Crippen LogP contribution < -0.4 is 5.32 Å². The molecule has 1 nitrogen and oxygen atoms in total. The molecule has 1 fully saturated rings. The van der Waals surface area contributed by atoms with Crippen molar-refractivity contribution in [1.82, 2.24) is 5.32 Å². The summed E-state index contributed by atoms with van der Waals surface area (Å²) in [4.78, 5) is 0. The highest BCUT2D eigenvalue weighted by Gasteiger charge is 2.24. The van der Waals surface area contributed by atoms with Gasteiger partial charge < -0.3 is 5.32 Å². The van der Waals surface area contributed by atoms with Gasteiger partial charge in [0.15, 0.2) is 0 Å². The van der Waals surface area contributed by atoms with Gasteiger partial charge in [-0.3, -0.25) is 0 Å². The van der Waals surface area contributed by atoms with Crippen LogP contribution in [0.3, 0.4) is 0 Å². The second-order valence-electron chi connectivity index (χ2n) is 6.59. The zero-order valence-corrected chi connectivity index (χ0v) is 14.4. The standard InChI is InChI=1S/C18H36ClN/c1-2-3-4-5-6-7-8-9-10-11-15-20-16-17-13-12-14-18(17)19/h17-18,20H,2-16H2,1H3. The van der Waals surface area contributed by atoms with Crippen LogP contribution in [0.4, 0.5) is 0 Å². The maximum Gasteiger partial charge on any atom is 0.0376 e. The highest BCUT2D eigenvalue weighted by molar-refractivity contribution is 6.20. The lowest BCUT2D eigenvalue weighted by atomic mass is 10.1. The van der Waals surface area contributed by atoms with Crippen molar-refractivity contribution in [3.63, 3.8) is 0 Å². The Balaban J connectivity index is 1.72. The van der Waals surface area contributed by atoms with Gasteiger partial charge in [-0.05, 0) is 38.3 Å². The van der Waals surface area contributed by atoms with Crippen molar-refractivity contribution >= 4 is 11.6 Å². The minimum Gasteiger partial charge on any atom is -0.316 e. The van der Waals surface area contributed by atoms with Crippen molar-refractivity contribution in [3.05, 3.63) is 0 Å². The molecule has 0 saturated heterocycles. The second-order valence-corrected chi connectivity index (χ2v) is 7.15. The molecule has 1 N–H and O–H groups in total. The van der Waals surface area contributed by atoms with Crippen LogP contribution in [0.25, 0.3) is 0 Å². The van der Waals surface area contributed by atoms with Crippen LogP contribution in [-0.2, 0) is 0 Å². The Morgan fingerprint density at radius 1 is 0.850 bits per heavy atom. The number of alkyl halides is 1. The van der Waals surface area contributed by atoms with E-state index in [-0.39, 0.29) is 0 Å². The van der Waals surface area contributed by atoms with Gasteiger partial charge in [0.05, 0.1) is 0 Å². The zero-order valence-electron chi connectivity index (χ0n) is 13.6. The van der Waals surface area contributed by atoms with Crippen LogP contribution >= 0.6 is 11.6 Å². The van der Waals surface area contributed by atoms with Gasteiger partial charge in [-0.15, -0.1) is 11.6 Å². The summed E-state index contributed by atoms with van der Waals surface area (Å²) in [5.41, 5.74) is 0. The quantitative estimate of drug-likeness (QED) is 0.330. The second kappa shape index (κ2) is 13.0. The van der Waals surface area contributed by atoms with E-state index in [9.17, 15) is 0 Å². The first-order chi connectivity index (χ1) is 9.84. The molecule has 20 heavy (non-hydrogen) atoms. The molecule has 2 atom stereocenters. The fraction of sp³-hybridized carbons (Fsp3) is 1.00. The van der Waals surface area contributed by atoms with E-state index < -0.39 is 0 Å². The normalized spacial score (nSPS) is 22.5. The van der Waals surface area contributed by atoms with E-state index in [2.05, 4.69) is 12.2 Å². The summed E-state index contributed by atoms with van der Waals surface area (Å²) >= 11 is 6.28. The Morgan fingerprint density at radius 2 is 1.45 bits per heavy atom. The molecule has 1 aliphatic carbocycles. The smallest absolute Gasteiger partial charge is 0.0376 e. The molecule has 0 heterocycles. The summed E-state index contributed by atoms with van der Waals surface area (Å²) in [5, 5.41) is 4.04. The Kier molecular flexibility index (Phi) is 11.8. The monoisotopic (exact) mass is 301 g/mol. The topological polar surface area (TPSA) is 12.0 Å². The van der Waals surface area contributed by atoms with Crippen LogP contribution in [0.1, 0.15) is 90.4 Å². The number of hydrogen-bond donors (Lipinski definition) is 1. The maximum atomic E-state index is 6.28. The predicted molar refractivity (Wildman–Crippen MR) is 91.7 cm³/mol. The van der Waals surface area contributed by atoms with Gasteiger partial charge in [-0.1, -0.05) is 71.1 Å². The van der Waals surface area contributed by atoms with Crippen molar-refractivity contribution in [2.24, 2.45) is 5.92 Å². The highest BCUT2D eigenvalue weighted by atomic mass is 35.5. The van der Waals surface area contributed by atoms with Gasteiger partial charge in [0.2, 0.25) is 0 Å². The van der Waals surface area contributed by atoms with E-state index in [1.54, 1.807) is 0 Å². The molecule has 2 heteroatoms. The van der Waals surface area contributed by atoms with Crippen molar-refractivity contribution in [2.45, 2.75) is 95.8 Å². The molecule has 0 aliphatic heterocycles. The van der Waals surface area contributed by atoms with Crippen molar-refractivity contribution < 1.29 is 0 Å². The average molecular weight is 302 g/mol. The van der Waals surface area contributed by atoms with Gasteiger partial charge in [0, 0.05) is 5.38 Å². The molecule has 1 saturated carbocycles. The van der Waals surface area contributed by atoms with E-state index in [1.807, 2.05) is 0 Å². The fourth-order valence-electron chi connectivity index (χ4n) is 3.25. The number of halogens is 1. The highest BCUT2D eigenvalue weighted by Crippen LogP contribution is 2.29. The first kappa shape index (κ1) is 18.3. The van der Waals surface area contributed by atoms with E-state index in [4.69, 9.17) is 11.6 Å². The molecule has 0 amide bonds. The van der Waals surface area contributed by atoms with Crippen molar-refractivity contribution in [1.29, 1.82) is 0 Å². The van der Waals surface area contributed by atoms with Crippen molar-refractivity contribution in [3.8, 4) is 0 Å². The summed E-state index contributed by atoms with van der Waals surface area (Å²) in [6.45, 7) is 4.62. The molecule has 0 spiro atoms. The van der Waals surface area contributed by atoms with Crippen LogP contribution in [0.5, 0.6) is 0 Å². The Labute approximate surface area is 132 Å². The van der Waals surface area contributed by atoms with Crippen LogP contribution in [0, 0.1) is 5.92 Å². The number of hydrogen-bond acceptors (Lipinski definition) is 1. The summed E-state index contributed by atoms with van der Waals surface area (Å²) in [7, 11) is 0. The predicted octanol–water partition coefficient (Wildman–Crippen LogP) is 5.90. The summed E-state index contributed by atoms with van der Waals surface area (Å²) < 4.78 is 0. The molecule has 1 aliphatic rings. The third-order valence-electron chi connectivity index (χ3n) is 4.68. The lowest BCUT2D eigenvalue weighted by Crippen LogP contribution is -2.26. The SMILES string of the molecule is CCCCCCCCCCCCNCC1CCCC1Cl. The molecule has 0 aromatic carbocycles. The number of rotatable bonds is 13. The molecule has 0 aromatic rings. The van der Waals surface area contributed by atoms with Gasteiger partial charge in [0.25, 0.3) is 0 Å². The molecule has 1 rings (SSSR count). The lowest BCUT2D eigenvalue weighted by Gasteiger charge is -2.14. The summed E-state index contributed by atoms with van der Waals surface area (Å²) in [5.74, 6) is 0.736. The largest absolute Gasteiger partial charge is 0.316 e. The van der Waals surface area contributed by atoms with Gasteiger partial charge in [0.1, 0.15) is 0 Å². The van der Waals surface area contributed by atoms with E-state index in [1.165, 1.54) is 90.0 Å². The third-order valence-corrected chi connectivity index (χ3v) is 5.25. The number of nitrogens with one attached hydrogen (secondary N) is 1. The van der Waals surface area contributed by atoms with Crippen LogP contribution in [0.2, 0.25) is 0 Å². The van der Waals surface area contributed by atoms with E-state index >= 15 is 0 Å². The Hall–Kier alpha value is 0.250. The first-order valence-corrected chi connectivity index (χ1v) is 9.63. The number of unbranched alkanes of at least 4 members (excludes halogenated alkanes) is 9. The summed E-state index contributed by atoms with van der Waals surface area (Å²) in [6, 6.07) is 0. The molecule has 120 valence electrons. The van der Waals surface area contributed by atoms with Gasteiger partial charge >= 0.3 is 0 Å². The van der Waals surface area contributed by atoms with Crippen LogP contribution in [-0.4, -0.2) is 18.5 Å². The van der Waals surface area contributed by atoms with Crippen molar-refractivity contribution in [2.75, 3.05) is 13.1 Å². The third kappa shape index (κ3) is 9.23. The maximum absolute atomic E-state index is 6.28. The fourth-order valence-corrected chi connectivity index (χ4v) is 3.62. The first-order valence-electron chi connectivity index (χ1n) is 9.19. The van der Waals surface area contributed by atoms with Crippen LogP contribution in [0.15, 0.2) is 0 Å².